The Morgan fingerprint density at radius 1 is 1.23 bits per heavy atom. The van der Waals surface area contributed by atoms with Gasteiger partial charge in [0.2, 0.25) is 0 Å². The molecule has 166 valence electrons. The summed E-state index contributed by atoms with van der Waals surface area (Å²) in [6, 6.07) is 1.91. The normalized spacial score (nSPS) is 17.5. The summed E-state index contributed by atoms with van der Waals surface area (Å²) in [5.41, 5.74) is -2.28. The molecule has 1 aromatic carbocycles. The zero-order valence-electron chi connectivity index (χ0n) is 16.1. The van der Waals surface area contributed by atoms with Crippen molar-refractivity contribution in [3.8, 4) is 17.0 Å². The first-order valence-corrected chi connectivity index (χ1v) is 9.20. The molecule has 1 atom stereocenters. The Balaban J connectivity index is 1.83. The van der Waals surface area contributed by atoms with Crippen molar-refractivity contribution in [1.29, 1.82) is 0 Å². The predicted molar refractivity (Wildman–Crippen MR) is 99.6 cm³/mol. The maximum absolute atomic E-state index is 14.5. The third kappa shape index (κ3) is 3.65. The minimum atomic E-state index is -5.14. The Morgan fingerprint density at radius 3 is 2.65 bits per heavy atom. The number of hydrogen-bond donors (Lipinski definition) is 2. The molecule has 1 saturated heterocycles. The number of nitrogens with zero attached hydrogens (tertiary/aromatic N) is 4. The van der Waals surface area contributed by atoms with Gasteiger partial charge in [0.15, 0.2) is 17.4 Å². The van der Waals surface area contributed by atoms with E-state index in [2.05, 4.69) is 10.1 Å². The van der Waals surface area contributed by atoms with Gasteiger partial charge in [0.05, 0.1) is 30.4 Å². The summed E-state index contributed by atoms with van der Waals surface area (Å²) in [4.78, 5) is 6.16. The van der Waals surface area contributed by atoms with Crippen LogP contribution in [0.2, 0.25) is 0 Å². The standard InChI is InChI=1S/C19H17F5N4O3/c1-27-13-5-14(28-2-3-31-9(7-28)8-29)25-6-11(13)17(26-27)10-4-12(19(22,23)24)16(21)18(30)15(10)20/h4-6,9,29-30H,2-3,7-8H2,1H3. The second-order valence-electron chi connectivity index (χ2n) is 7.10. The van der Waals surface area contributed by atoms with Crippen LogP contribution in [0.15, 0.2) is 18.3 Å². The fourth-order valence-electron chi connectivity index (χ4n) is 3.55. The molecule has 2 aromatic heterocycles. The van der Waals surface area contributed by atoms with Crippen molar-refractivity contribution < 1.29 is 36.9 Å². The number of anilines is 1. The highest BCUT2D eigenvalue weighted by Gasteiger charge is 2.38. The molecule has 2 N–H and O–H groups in total. The Kier molecular flexibility index (Phi) is 5.21. The number of aromatic nitrogens is 3. The van der Waals surface area contributed by atoms with Crippen molar-refractivity contribution in [1.82, 2.24) is 14.8 Å². The van der Waals surface area contributed by atoms with E-state index < -0.39 is 34.7 Å². The monoisotopic (exact) mass is 444 g/mol. The van der Waals surface area contributed by atoms with E-state index >= 15 is 0 Å². The van der Waals surface area contributed by atoms with Crippen LogP contribution in [0.5, 0.6) is 5.75 Å². The lowest BCUT2D eigenvalue weighted by atomic mass is 10.0. The van der Waals surface area contributed by atoms with Gasteiger partial charge < -0.3 is 19.8 Å². The van der Waals surface area contributed by atoms with Crippen LogP contribution in [0.1, 0.15) is 5.56 Å². The van der Waals surface area contributed by atoms with Gasteiger partial charge in [-0.1, -0.05) is 0 Å². The first kappa shape index (κ1) is 21.2. The lowest BCUT2D eigenvalue weighted by Gasteiger charge is -2.32. The minimum absolute atomic E-state index is 0.163. The zero-order valence-corrected chi connectivity index (χ0v) is 16.1. The number of rotatable bonds is 3. The first-order chi connectivity index (χ1) is 14.6. The number of aliphatic hydroxyl groups excluding tert-OH is 1. The largest absolute Gasteiger partial charge is 0.503 e. The summed E-state index contributed by atoms with van der Waals surface area (Å²) in [6.45, 7) is 1.11. The molecule has 3 aromatic rings. The van der Waals surface area contributed by atoms with E-state index in [1.807, 2.05) is 4.90 Å². The molecule has 0 bridgehead atoms. The van der Waals surface area contributed by atoms with E-state index in [9.17, 15) is 32.2 Å². The van der Waals surface area contributed by atoms with Gasteiger partial charge in [-0.25, -0.2) is 13.8 Å². The quantitative estimate of drug-likeness (QED) is 0.605. The number of morpholine rings is 1. The summed E-state index contributed by atoms with van der Waals surface area (Å²) in [5.74, 6) is -4.84. The van der Waals surface area contributed by atoms with E-state index in [0.29, 0.717) is 31.0 Å². The Bertz CT molecular complexity index is 1150. The molecule has 1 aliphatic rings. The van der Waals surface area contributed by atoms with Crippen LogP contribution < -0.4 is 4.90 Å². The Hall–Kier alpha value is -2.99. The number of halogens is 5. The first-order valence-electron chi connectivity index (χ1n) is 9.20. The van der Waals surface area contributed by atoms with Crippen molar-refractivity contribution in [3.05, 3.63) is 35.5 Å². The molecule has 0 saturated carbocycles. The third-order valence-electron chi connectivity index (χ3n) is 5.13. The molecule has 1 fully saturated rings. The maximum Gasteiger partial charge on any atom is 0.419 e. The second-order valence-corrected chi connectivity index (χ2v) is 7.10. The number of aromatic hydroxyl groups is 1. The molecule has 12 heteroatoms. The van der Waals surface area contributed by atoms with Crippen LogP contribution in [0.25, 0.3) is 22.2 Å². The van der Waals surface area contributed by atoms with Gasteiger partial charge in [-0.05, 0) is 6.07 Å². The highest BCUT2D eigenvalue weighted by molar-refractivity contribution is 5.94. The SMILES string of the molecule is Cn1nc(-c2cc(C(F)(F)F)c(F)c(O)c2F)c2cnc(N3CCOC(CO)C3)cc21. The maximum atomic E-state index is 14.5. The van der Waals surface area contributed by atoms with Crippen molar-refractivity contribution in [2.45, 2.75) is 12.3 Å². The second kappa shape index (κ2) is 7.61. The highest BCUT2D eigenvalue weighted by atomic mass is 19.4. The average Bonchev–Trinajstić information content (AvgIpc) is 3.07. The van der Waals surface area contributed by atoms with Crippen LogP contribution in [0.3, 0.4) is 0 Å². The lowest BCUT2D eigenvalue weighted by Crippen LogP contribution is -2.44. The summed E-state index contributed by atoms with van der Waals surface area (Å²) >= 11 is 0. The number of hydrogen-bond acceptors (Lipinski definition) is 6. The molecule has 7 nitrogen and oxygen atoms in total. The van der Waals surface area contributed by atoms with Gasteiger partial charge >= 0.3 is 6.18 Å². The highest BCUT2D eigenvalue weighted by Crippen LogP contribution is 2.41. The molecule has 1 aliphatic heterocycles. The van der Waals surface area contributed by atoms with Crippen LogP contribution in [0, 0.1) is 11.6 Å². The molecule has 3 heterocycles. The lowest BCUT2D eigenvalue weighted by molar-refractivity contribution is -0.140. The number of aryl methyl sites for hydroxylation is 1. The minimum Gasteiger partial charge on any atom is -0.503 e. The molecular weight excluding hydrogens is 427 g/mol. The van der Waals surface area contributed by atoms with Gasteiger partial charge in [0.25, 0.3) is 0 Å². The number of fused-ring (bicyclic) bond motifs is 1. The Morgan fingerprint density at radius 2 is 1.97 bits per heavy atom. The Labute approximate surface area is 172 Å². The molecule has 31 heavy (non-hydrogen) atoms. The van der Waals surface area contributed by atoms with E-state index in [0.717, 1.165) is 0 Å². The van der Waals surface area contributed by atoms with Crippen molar-refractivity contribution >= 4 is 16.7 Å². The molecular formula is C19H17F5N4O3. The summed E-state index contributed by atoms with van der Waals surface area (Å²) in [7, 11) is 1.51. The molecule has 0 aliphatic carbocycles. The molecule has 0 spiro atoms. The van der Waals surface area contributed by atoms with Gasteiger partial charge in [-0.2, -0.15) is 18.3 Å². The molecule has 0 radical (unpaired) electrons. The van der Waals surface area contributed by atoms with Crippen LogP contribution in [-0.2, 0) is 18.0 Å². The van der Waals surface area contributed by atoms with Gasteiger partial charge in [-0.3, -0.25) is 4.68 Å². The van der Waals surface area contributed by atoms with Gasteiger partial charge in [-0.15, -0.1) is 0 Å². The van der Waals surface area contributed by atoms with Crippen molar-refractivity contribution in [2.24, 2.45) is 7.05 Å². The summed E-state index contributed by atoms with van der Waals surface area (Å²) in [6.07, 6.45) is -4.20. The summed E-state index contributed by atoms with van der Waals surface area (Å²) in [5, 5.41) is 23.2. The van der Waals surface area contributed by atoms with Crippen molar-refractivity contribution in [2.75, 3.05) is 31.2 Å². The molecule has 0 amide bonds. The fraction of sp³-hybridized carbons (Fsp3) is 0.368. The van der Waals surface area contributed by atoms with Crippen LogP contribution >= 0.6 is 0 Å². The topological polar surface area (TPSA) is 83.6 Å². The average molecular weight is 444 g/mol. The van der Waals surface area contributed by atoms with E-state index in [1.165, 1.54) is 17.9 Å². The molecule has 1 unspecified atom stereocenters. The van der Waals surface area contributed by atoms with Crippen molar-refractivity contribution in [3.63, 3.8) is 0 Å². The summed E-state index contributed by atoms with van der Waals surface area (Å²) < 4.78 is 74.5. The number of ether oxygens (including phenoxy) is 1. The number of pyridine rings is 1. The van der Waals surface area contributed by atoms with Gasteiger partial charge in [0.1, 0.15) is 11.5 Å². The van der Waals surface area contributed by atoms with Crippen LogP contribution in [0.4, 0.5) is 27.8 Å². The molecule has 4 rings (SSSR count). The number of phenols is 1. The predicted octanol–water partition coefficient (Wildman–Crippen LogP) is 2.84. The van der Waals surface area contributed by atoms with Crippen LogP contribution in [-0.4, -0.2) is 57.4 Å². The van der Waals surface area contributed by atoms with E-state index in [4.69, 9.17) is 4.74 Å². The number of aliphatic hydroxyl groups is 1. The fourth-order valence-corrected chi connectivity index (χ4v) is 3.55. The van der Waals surface area contributed by atoms with Gasteiger partial charge in [0, 0.05) is 43.4 Å². The smallest absolute Gasteiger partial charge is 0.419 e. The number of alkyl halides is 3. The number of benzene rings is 1. The van der Waals surface area contributed by atoms with E-state index in [-0.39, 0.29) is 29.9 Å². The third-order valence-corrected chi connectivity index (χ3v) is 5.13. The zero-order chi connectivity index (χ0) is 22.5. The number of phenolic OH excluding ortho intramolecular Hbond substituents is 1. The van der Waals surface area contributed by atoms with E-state index in [1.54, 1.807) is 6.07 Å².